The van der Waals surface area contributed by atoms with Gasteiger partial charge in [0.05, 0.1) is 12.3 Å². The van der Waals surface area contributed by atoms with Gasteiger partial charge in [-0.3, -0.25) is 0 Å². The van der Waals surface area contributed by atoms with Gasteiger partial charge in [-0.1, -0.05) is 0 Å². The molecule has 0 saturated carbocycles. The molecule has 0 aliphatic carbocycles. The van der Waals surface area contributed by atoms with Crippen LogP contribution < -0.4 is 10.5 Å². The fourth-order valence-electron chi connectivity index (χ4n) is 1.27. The van der Waals surface area contributed by atoms with Gasteiger partial charge in [-0.05, 0) is 28.1 Å². The van der Waals surface area contributed by atoms with E-state index in [1.165, 1.54) is 0 Å². The van der Waals surface area contributed by atoms with Crippen molar-refractivity contribution in [2.75, 3.05) is 12.3 Å². The third kappa shape index (κ3) is 0.997. The molecule has 58 valence electrons. The standard InChI is InChI=1S/C8H8BrNO/c9-6-1-2-7-5(8(6)10)3-4-11-7/h1-2H,3-4,10H2. The average molecular weight is 214 g/mol. The van der Waals surface area contributed by atoms with Gasteiger partial charge >= 0.3 is 0 Å². The van der Waals surface area contributed by atoms with Crippen LogP contribution in [0.25, 0.3) is 0 Å². The number of fused-ring (bicyclic) bond motifs is 1. The van der Waals surface area contributed by atoms with E-state index in [0.29, 0.717) is 0 Å². The average Bonchev–Trinajstić information content (AvgIpc) is 2.45. The molecule has 0 fully saturated rings. The molecule has 1 aromatic rings. The molecule has 0 atom stereocenters. The SMILES string of the molecule is Nc1c(Br)ccc2c1CCO2. The van der Waals surface area contributed by atoms with Gasteiger partial charge in [-0.25, -0.2) is 0 Å². The van der Waals surface area contributed by atoms with Crippen molar-refractivity contribution in [2.24, 2.45) is 0 Å². The maximum absolute atomic E-state index is 5.81. The summed E-state index contributed by atoms with van der Waals surface area (Å²) in [5.74, 6) is 0.936. The second-order valence-corrected chi connectivity index (χ2v) is 3.39. The van der Waals surface area contributed by atoms with E-state index >= 15 is 0 Å². The first kappa shape index (κ1) is 6.98. The number of halogens is 1. The number of nitrogens with two attached hydrogens (primary N) is 1. The van der Waals surface area contributed by atoms with E-state index in [-0.39, 0.29) is 0 Å². The first-order valence-corrected chi connectivity index (χ1v) is 4.28. The highest BCUT2D eigenvalue weighted by molar-refractivity contribution is 9.10. The highest BCUT2D eigenvalue weighted by Gasteiger charge is 2.15. The predicted molar refractivity (Wildman–Crippen MR) is 47.8 cm³/mol. The molecule has 1 aliphatic rings. The lowest BCUT2D eigenvalue weighted by atomic mass is 10.1. The molecule has 1 heterocycles. The molecule has 2 nitrogen and oxygen atoms in total. The molecule has 0 unspecified atom stereocenters. The quantitative estimate of drug-likeness (QED) is 0.670. The van der Waals surface area contributed by atoms with Gasteiger partial charge in [0.2, 0.25) is 0 Å². The van der Waals surface area contributed by atoms with Crippen LogP contribution in [0, 0.1) is 0 Å². The third-order valence-electron chi connectivity index (χ3n) is 1.87. The van der Waals surface area contributed by atoms with Crippen molar-refractivity contribution in [2.45, 2.75) is 6.42 Å². The van der Waals surface area contributed by atoms with E-state index in [4.69, 9.17) is 10.5 Å². The first-order valence-electron chi connectivity index (χ1n) is 3.48. The summed E-state index contributed by atoms with van der Waals surface area (Å²) in [6.07, 6.45) is 0.931. The summed E-state index contributed by atoms with van der Waals surface area (Å²) in [5, 5.41) is 0. The summed E-state index contributed by atoms with van der Waals surface area (Å²) < 4.78 is 6.29. The lowest BCUT2D eigenvalue weighted by molar-refractivity contribution is 0.357. The number of rotatable bonds is 0. The van der Waals surface area contributed by atoms with Crippen LogP contribution in [0.3, 0.4) is 0 Å². The molecular weight excluding hydrogens is 206 g/mol. The smallest absolute Gasteiger partial charge is 0.124 e. The van der Waals surface area contributed by atoms with Crippen molar-refractivity contribution in [3.63, 3.8) is 0 Å². The van der Waals surface area contributed by atoms with Gasteiger partial charge in [0.1, 0.15) is 5.75 Å². The third-order valence-corrected chi connectivity index (χ3v) is 2.56. The van der Waals surface area contributed by atoms with Crippen LogP contribution in [-0.4, -0.2) is 6.61 Å². The summed E-state index contributed by atoms with van der Waals surface area (Å²) in [6, 6.07) is 3.86. The summed E-state index contributed by atoms with van der Waals surface area (Å²) >= 11 is 3.37. The number of hydrogen-bond donors (Lipinski definition) is 1. The lowest BCUT2D eigenvalue weighted by Gasteiger charge is -2.03. The maximum Gasteiger partial charge on any atom is 0.124 e. The maximum atomic E-state index is 5.81. The Bertz CT molecular complexity index is 298. The Morgan fingerprint density at radius 2 is 2.27 bits per heavy atom. The Hall–Kier alpha value is -0.700. The van der Waals surface area contributed by atoms with E-state index in [0.717, 1.165) is 34.5 Å². The van der Waals surface area contributed by atoms with Crippen LogP contribution in [0.5, 0.6) is 5.75 Å². The van der Waals surface area contributed by atoms with Crippen molar-refractivity contribution in [1.82, 2.24) is 0 Å². The van der Waals surface area contributed by atoms with Crippen LogP contribution in [0.2, 0.25) is 0 Å². The van der Waals surface area contributed by atoms with Crippen molar-refractivity contribution in [1.29, 1.82) is 0 Å². The van der Waals surface area contributed by atoms with Gasteiger partial charge in [-0.15, -0.1) is 0 Å². The van der Waals surface area contributed by atoms with Gasteiger partial charge in [0.25, 0.3) is 0 Å². The zero-order chi connectivity index (χ0) is 7.84. The second kappa shape index (κ2) is 2.41. The summed E-state index contributed by atoms with van der Waals surface area (Å²) in [6.45, 7) is 0.760. The topological polar surface area (TPSA) is 35.2 Å². The zero-order valence-electron chi connectivity index (χ0n) is 5.93. The van der Waals surface area contributed by atoms with Gasteiger partial charge in [-0.2, -0.15) is 0 Å². The predicted octanol–water partition coefficient (Wildman–Crippen LogP) is 1.97. The molecule has 1 aromatic carbocycles. The lowest BCUT2D eigenvalue weighted by Crippen LogP contribution is -1.92. The Morgan fingerprint density at radius 3 is 3.09 bits per heavy atom. The van der Waals surface area contributed by atoms with Gasteiger partial charge < -0.3 is 10.5 Å². The van der Waals surface area contributed by atoms with Crippen molar-refractivity contribution < 1.29 is 4.74 Å². The molecule has 0 radical (unpaired) electrons. The largest absolute Gasteiger partial charge is 0.493 e. The minimum Gasteiger partial charge on any atom is -0.493 e. The molecule has 0 bridgehead atoms. The molecule has 2 rings (SSSR count). The van der Waals surface area contributed by atoms with Crippen LogP contribution in [0.4, 0.5) is 5.69 Å². The summed E-state index contributed by atoms with van der Waals surface area (Å²) in [5.41, 5.74) is 7.76. The molecule has 0 spiro atoms. The first-order chi connectivity index (χ1) is 5.29. The van der Waals surface area contributed by atoms with Gasteiger partial charge in [0, 0.05) is 16.5 Å². The summed E-state index contributed by atoms with van der Waals surface area (Å²) in [7, 11) is 0. The fraction of sp³-hybridized carbons (Fsp3) is 0.250. The molecule has 0 aromatic heterocycles. The Kier molecular flexibility index (Phi) is 1.53. The number of nitrogen functional groups attached to an aromatic ring is 1. The minimum absolute atomic E-state index is 0.760. The van der Waals surface area contributed by atoms with Crippen LogP contribution in [0.15, 0.2) is 16.6 Å². The normalized spacial score (nSPS) is 14.3. The van der Waals surface area contributed by atoms with E-state index in [9.17, 15) is 0 Å². The number of hydrogen-bond acceptors (Lipinski definition) is 2. The van der Waals surface area contributed by atoms with E-state index < -0.39 is 0 Å². The second-order valence-electron chi connectivity index (χ2n) is 2.54. The van der Waals surface area contributed by atoms with E-state index in [1.54, 1.807) is 0 Å². The van der Waals surface area contributed by atoms with E-state index in [1.807, 2.05) is 12.1 Å². The Labute approximate surface area is 73.5 Å². The van der Waals surface area contributed by atoms with Crippen molar-refractivity contribution in [3.8, 4) is 5.75 Å². The minimum atomic E-state index is 0.760. The molecule has 2 N–H and O–H groups in total. The number of ether oxygens (including phenoxy) is 1. The monoisotopic (exact) mass is 213 g/mol. The molecule has 0 saturated heterocycles. The molecule has 11 heavy (non-hydrogen) atoms. The highest BCUT2D eigenvalue weighted by atomic mass is 79.9. The fourth-order valence-corrected chi connectivity index (χ4v) is 1.64. The van der Waals surface area contributed by atoms with Crippen LogP contribution >= 0.6 is 15.9 Å². The van der Waals surface area contributed by atoms with Gasteiger partial charge in [0.15, 0.2) is 0 Å². The summed E-state index contributed by atoms with van der Waals surface area (Å²) in [4.78, 5) is 0. The van der Waals surface area contributed by atoms with E-state index in [2.05, 4.69) is 15.9 Å². The Balaban J connectivity index is 2.62. The number of anilines is 1. The molecule has 3 heteroatoms. The molecular formula is C8H8BrNO. The molecule has 0 amide bonds. The van der Waals surface area contributed by atoms with Crippen molar-refractivity contribution >= 4 is 21.6 Å². The molecule has 1 aliphatic heterocycles. The van der Waals surface area contributed by atoms with Crippen LogP contribution in [-0.2, 0) is 6.42 Å². The van der Waals surface area contributed by atoms with Crippen LogP contribution in [0.1, 0.15) is 5.56 Å². The highest BCUT2D eigenvalue weighted by Crippen LogP contribution is 2.34. The number of benzene rings is 1. The van der Waals surface area contributed by atoms with Crippen molar-refractivity contribution in [3.05, 3.63) is 22.2 Å². The zero-order valence-corrected chi connectivity index (χ0v) is 7.52. The Morgan fingerprint density at radius 1 is 1.45 bits per heavy atom.